The molecule has 28 heavy (non-hydrogen) atoms. The number of benzene rings is 1. The highest BCUT2D eigenvalue weighted by atomic mass is 32.1. The number of nitrogens with zero attached hydrogens (tertiary/aromatic N) is 5. The third-order valence-electron chi connectivity index (χ3n) is 3.52. The minimum atomic E-state index is -0.622. The summed E-state index contributed by atoms with van der Waals surface area (Å²) in [6.07, 6.45) is 0.845. The van der Waals surface area contributed by atoms with Crippen LogP contribution in [0.5, 0.6) is 0 Å². The van der Waals surface area contributed by atoms with Gasteiger partial charge in [-0.2, -0.15) is 4.80 Å². The summed E-state index contributed by atoms with van der Waals surface area (Å²) in [6.45, 7) is 2.58. The number of aromatic nitrogens is 4. The van der Waals surface area contributed by atoms with Crippen LogP contribution in [0.4, 0.5) is 11.6 Å². The van der Waals surface area contributed by atoms with Gasteiger partial charge in [-0.25, -0.2) is 0 Å². The second-order valence-electron chi connectivity index (χ2n) is 5.56. The van der Waals surface area contributed by atoms with E-state index in [0.29, 0.717) is 6.54 Å². The number of hydrogen-bond acceptors (Lipinski definition) is 8. The largest absolute Gasteiger partial charge is 0.451 e. The molecule has 1 amide bonds. The molecule has 0 aliphatic rings. The van der Waals surface area contributed by atoms with Crippen LogP contribution in [0, 0.1) is 10.1 Å². The number of carbonyl (C=O) groups excluding carboxylic acids is 1. The highest BCUT2D eigenvalue weighted by Crippen LogP contribution is 2.30. The van der Waals surface area contributed by atoms with Gasteiger partial charge in [0, 0.05) is 6.07 Å². The number of hydrogen-bond donors (Lipinski definition) is 2. The molecule has 0 saturated carbocycles. The predicted octanol–water partition coefficient (Wildman–Crippen LogP) is 2.38. The van der Waals surface area contributed by atoms with Gasteiger partial charge in [-0.05, 0) is 42.1 Å². The standard InChI is InChI=1S/C16H15N7O4S/c1-2-9-22-20-15(19-21-22)18-16(28)17-14(24)13-8-7-12(27-13)10-5-3-4-6-11(10)23(25)26/h3-8H,2,9H2,1H3,(H2,17,18,20,24,28). The Kier molecular flexibility index (Phi) is 5.69. The number of nitro benzene ring substituents is 1. The van der Waals surface area contributed by atoms with Crippen molar-refractivity contribution in [3.05, 3.63) is 52.3 Å². The molecule has 3 rings (SSSR count). The number of carbonyl (C=O) groups is 1. The minimum Gasteiger partial charge on any atom is -0.451 e. The van der Waals surface area contributed by atoms with Crippen molar-refractivity contribution in [1.82, 2.24) is 25.5 Å². The number of aryl methyl sites for hydroxylation is 1. The van der Waals surface area contributed by atoms with E-state index in [0.717, 1.165) is 6.42 Å². The van der Waals surface area contributed by atoms with Crippen molar-refractivity contribution in [2.75, 3.05) is 5.32 Å². The summed E-state index contributed by atoms with van der Waals surface area (Å²) in [6, 6.07) is 8.96. The number of anilines is 1. The average Bonchev–Trinajstić information content (AvgIpc) is 3.31. The molecule has 0 aliphatic carbocycles. The molecule has 3 aromatic rings. The summed E-state index contributed by atoms with van der Waals surface area (Å²) in [4.78, 5) is 24.3. The van der Waals surface area contributed by atoms with Crippen LogP contribution >= 0.6 is 12.2 Å². The smallest absolute Gasteiger partial charge is 0.293 e. The van der Waals surface area contributed by atoms with Crippen LogP contribution in [0.3, 0.4) is 0 Å². The SMILES string of the molecule is CCCn1nnc(NC(=S)NC(=O)c2ccc(-c3ccccc3[N+](=O)[O-])o2)n1. The molecule has 11 nitrogen and oxygen atoms in total. The van der Waals surface area contributed by atoms with E-state index in [1.54, 1.807) is 12.1 Å². The van der Waals surface area contributed by atoms with Crippen molar-refractivity contribution in [3.8, 4) is 11.3 Å². The third-order valence-corrected chi connectivity index (χ3v) is 3.73. The zero-order chi connectivity index (χ0) is 20.1. The zero-order valence-corrected chi connectivity index (χ0v) is 15.5. The van der Waals surface area contributed by atoms with Crippen molar-refractivity contribution in [3.63, 3.8) is 0 Å². The zero-order valence-electron chi connectivity index (χ0n) is 14.7. The lowest BCUT2D eigenvalue weighted by molar-refractivity contribution is -0.384. The van der Waals surface area contributed by atoms with Gasteiger partial charge in [-0.3, -0.25) is 25.5 Å². The van der Waals surface area contributed by atoms with Crippen molar-refractivity contribution in [2.45, 2.75) is 19.9 Å². The molecule has 2 aromatic heterocycles. The monoisotopic (exact) mass is 401 g/mol. The molecule has 0 saturated heterocycles. The molecular formula is C16H15N7O4S. The van der Waals surface area contributed by atoms with Gasteiger partial charge in [-0.1, -0.05) is 24.2 Å². The topological polar surface area (TPSA) is 141 Å². The van der Waals surface area contributed by atoms with Gasteiger partial charge in [0.1, 0.15) is 5.76 Å². The molecule has 0 bridgehead atoms. The molecule has 12 heteroatoms. The Labute approximate surface area is 163 Å². The normalized spacial score (nSPS) is 10.5. The Hall–Kier alpha value is -3.67. The number of nitrogens with one attached hydrogen (secondary N) is 2. The highest BCUT2D eigenvalue weighted by Gasteiger charge is 2.20. The fraction of sp³-hybridized carbons (Fsp3) is 0.188. The first kappa shape index (κ1) is 19.1. The highest BCUT2D eigenvalue weighted by molar-refractivity contribution is 7.80. The number of furan rings is 1. The first-order valence-corrected chi connectivity index (χ1v) is 8.62. The molecule has 144 valence electrons. The van der Waals surface area contributed by atoms with Crippen LogP contribution in [0.2, 0.25) is 0 Å². The van der Waals surface area contributed by atoms with Gasteiger partial charge < -0.3 is 4.42 Å². The maximum Gasteiger partial charge on any atom is 0.293 e. The van der Waals surface area contributed by atoms with Crippen LogP contribution in [-0.4, -0.2) is 36.2 Å². The summed E-state index contributed by atoms with van der Waals surface area (Å²) in [5, 5.41) is 27.8. The number of rotatable bonds is 6. The fourth-order valence-electron chi connectivity index (χ4n) is 2.33. The Morgan fingerprint density at radius 2 is 2.11 bits per heavy atom. The van der Waals surface area contributed by atoms with Gasteiger partial charge >= 0.3 is 0 Å². The summed E-state index contributed by atoms with van der Waals surface area (Å²) >= 11 is 5.05. The van der Waals surface area contributed by atoms with Crippen molar-refractivity contribution in [2.24, 2.45) is 0 Å². The maximum atomic E-state index is 12.3. The average molecular weight is 401 g/mol. The molecule has 0 aliphatic heterocycles. The van der Waals surface area contributed by atoms with Crippen LogP contribution in [0.15, 0.2) is 40.8 Å². The number of para-hydroxylation sites is 1. The van der Waals surface area contributed by atoms with E-state index in [9.17, 15) is 14.9 Å². The first-order chi connectivity index (χ1) is 13.5. The van der Waals surface area contributed by atoms with Gasteiger partial charge in [-0.15, -0.1) is 5.10 Å². The maximum absolute atomic E-state index is 12.3. The summed E-state index contributed by atoms with van der Waals surface area (Å²) < 4.78 is 5.46. The van der Waals surface area contributed by atoms with Gasteiger partial charge in [0.05, 0.1) is 17.0 Å². The number of thiocarbonyl (C=S) groups is 1. The third kappa shape index (κ3) is 4.35. The van der Waals surface area contributed by atoms with Crippen molar-refractivity contribution >= 4 is 34.9 Å². The molecule has 2 heterocycles. The van der Waals surface area contributed by atoms with Crippen LogP contribution < -0.4 is 10.6 Å². The number of nitro groups is 1. The first-order valence-electron chi connectivity index (χ1n) is 8.21. The molecule has 0 radical (unpaired) electrons. The van der Waals surface area contributed by atoms with E-state index < -0.39 is 10.8 Å². The summed E-state index contributed by atoms with van der Waals surface area (Å²) in [5.41, 5.74) is 0.145. The Balaban J connectivity index is 1.67. The van der Waals surface area contributed by atoms with E-state index in [2.05, 4.69) is 26.0 Å². The lowest BCUT2D eigenvalue weighted by Gasteiger charge is -2.04. The lowest BCUT2D eigenvalue weighted by atomic mass is 10.1. The minimum absolute atomic E-state index is 0.0373. The predicted molar refractivity (Wildman–Crippen MR) is 103 cm³/mol. The van der Waals surface area contributed by atoms with E-state index in [-0.39, 0.29) is 33.8 Å². The summed E-state index contributed by atoms with van der Waals surface area (Å²) in [7, 11) is 0. The van der Waals surface area contributed by atoms with Crippen LogP contribution in [0.1, 0.15) is 23.9 Å². The second-order valence-corrected chi connectivity index (χ2v) is 5.96. The fourth-order valence-corrected chi connectivity index (χ4v) is 2.52. The Morgan fingerprint density at radius 3 is 2.86 bits per heavy atom. The Bertz CT molecular complexity index is 1030. The second kappa shape index (κ2) is 8.35. The molecule has 1 aromatic carbocycles. The molecule has 0 fully saturated rings. The number of tetrazole rings is 1. The van der Waals surface area contributed by atoms with E-state index in [4.69, 9.17) is 16.6 Å². The summed E-state index contributed by atoms with van der Waals surface area (Å²) in [5.74, 6) is -0.331. The van der Waals surface area contributed by atoms with E-state index in [1.165, 1.54) is 29.1 Å². The van der Waals surface area contributed by atoms with Gasteiger partial charge in [0.2, 0.25) is 0 Å². The molecule has 0 unspecified atom stereocenters. The quantitative estimate of drug-likeness (QED) is 0.362. The number of amides is 1. The van der Waals surface area contributed by atoms with E-state index >= 15 is 0 Å². The molecular weight excluding hydrogens is 386 g/mol. The lowest BCUT2D eigenvalue weighted by Crippen LogP contribution is -2.34. The molecule has 2 N–H and O–H groups in total. The Morgan fingerprint density at radius 1 is 1.32 bits per heavy atom. The van der Waals surface area contributed by atoms with E-state index in [1.807, 2.05) is 6.92 Å². The van der Waals surface area contributed by atoms with Crippen molar-refractivity contribution < 1.29 is 14.1 Å². The van der Waals surface area contributed by atoms with Crippen LogP contribution in [-0.2, 0) is 6.54 Å². The van der Waals surface area contributed by atoms with Gasteiger partial charge in [0.25, 0.3) is 17.5 Å². The van der Waals surface area contributed by atoms with Gasteiger partial charge in [0.15, 0.2) is 10.9 Å². The molecule has 0 spiro atoms. The molecule has 0 atom stereocenters. The van der Waals surface area contributed by atoms with Crippen LogP contribution in [0.25, 0.3) is 11.3 Å². The van der Waals surface area contributed by atoms with Crippen molar-refractivity contribution in [1.29, 1.82) is 0 Å².